The van der Waals surface area contributed by atoms with Crippen molar-refractivity contribution in [3.8, 4) is 34.3 Å². The predicted molar refractivity (Wildman–Crippen MR) is 144 cm³/mol. The van der Waals surface area contributed by atoms with Gasteiger partial charge in [-0.2, -0.15) is 5.26 Å². The normalized spacial score (nSPS) is 11.0. The van der Waals surface area contributed by atoms with E-state index in [0.29, 0.717) is 27.9 Å². The molecule has 0 aliphatic heterocycles. The van der Waals surface area contributed by atoms with E-state index >= 15 is 0 Å². The molecule has 0 aliphatic carbocycles. The maximum absolute atomic E-state index is 13.0. The van der Waals surface area contributed by atoms with Crippen LogP contribution in [0.3, 0.4) is 0 Å². The van der Waals surface area contributed by atoms with E-state index in [2.05, 4.69) is 5.32 Å². The molecule has 4 aromatic rings. The number of methoxy groups -OCH3 is 1. The summed E-state index contributed by atoms with van der Waals surface area (Å²) in [6.45, 7) is 1.87. The lowest BCUT2D eigenvalue weighted by Crippen LogP contribution is -2.16. The Hall–Kier alpha value is -4.32. The fraction of sp³-hybridized carbons (Fsp3) is 0.107. The number of nitriles is 1. The van der Waals surface area contributed by atoms with Gasteiger partial charge in [0.05, 0.1) is 13.7 Å². The van der Waals surface area contributed by atoms with Crippen molar-refractivity contribution in [2.75, 3.05) is 19.0 Å². The molecule has 0 unspecified atom stereocenters. The lowest BCUT2D eigenvalue weighted by Gasteiger charge is -2.09. The highest BCUT2D eigenvalue weighted by molar-refractivity contribution is 7.15. The van der Waals surface area contributed by atoms with Crippen LogP contribution in [-0.4, -0.2) is 25.6 Å². The van der Waals surface area contributed by atoms with E-state index in [1.54, 1.807) is 61.9 Å². The third-order valence-corrected chi connectivity index (χ3v) is 6.42. The molecule has 0 spiro atoms. The van der Waals surface area contributed by atoms with E-state index in [0.717, 1.165) is 22.5 Å². The molecule has 0 aliphatic rings. The zero-order valence-electron chi connectivity index (χ0n) is 19.9. The monoisotopic (exact) mass is 532 g/mol. The molecule has 37 heavy (non-hydrogen) atoms. The molecular formula is C28H21ClN2O5S. The summed E-state index contributed by atoms with van der Waals surface area (Å²) >= 11 is 7.21. The summed E-state index contributed by atoms with van der Waals surface area (Å²) in [6, 6.07) is 19.6. The third-order valence-electron chi connectivity index (χ3n) is 5.29. The van der Waals surface area contributed by atoms with Crippen LogP contribution in [0, 0.1) is 11.3 Å². The summed E-state index contributed by atoms with van der Waals surface area (Å²) < 4.78 is 16.2. The molecule has 186 valence electrons. The first-order valence-electron chi connectivity index (χ1n) is 11.2. The van der Waals surface area contributed by atoms with Crippen LogP contribution < -0.4 is 10.1 Å². The van der Waals surface area contributed by atoms with E-state index in [1.807, 2.05) is 24.3 Å². The van der Waals surface area contributed by atoms with E-state index in [1.165, 1.54) is 6.08 Å². The average molecular weight is 533 g/mol. The van der Waals surface area contributed by atoms with E-state index in [-0.39, 0.29) is 22.7 Å². The number of nitrogens with one attached hydrogen (secondary N) is 1. The van der Waals surface area contributed by atoms with Crippen molar-refractivity contribution in [3.05, 3.63) is 88.0 Å². The first kappa shape index (κ1) is 25.8. The number of furan rings is 1. The number of ether oxygens (including phenoxy) is 2. The van der Waals surface area contributed by atoms with Gasteiger partial charge < -0.3 is 19.2 Å². The van der Waals surface area contributed by atoms with Crippen molar-refractivity contribution < 1.29 is 23.5 Å². The molecule has 4 rings (SSSR count). The lowest BCUT2D eigenvalue weighted by molar-refractivity contribution is -0.112. The number of amides is 1. The van der Waals surface area contributed by atoms with Crippen molar-refractivity contribution in [3.63, 3.8) is 0 Å². The Labute approximate surface area is 222 Å². The van der Waals surface area contributed by atoms with Crippen LogP contribution >= 0.6 is 22.9 Å². The Bertz CT molecular complexity index is 1510. The zero-order valence-corrected chi connectivity index (χ0v) is 21.5. The molecule has 1 N–H and O–H groups in total. The Balaban J connectivity index is 1.61. The highest BCUT2D eigenvalue weighted by atomic mass is 35.5. The SMILES string of the molecule is CCOC(=O)c1c(-c2ccc(OC)cc2)csc1NC(=O)/C(C#N)=C/c1ccc(-c2cccc(Cl)c2)o1. The summed E-state index contributed by atoms with van der Waals surface area (Å²) in [5.74, 6) is 0.266. The minimum atomic E-state index is -0.683. The number of rotatable bonds is 8. The predicted octanol–water partition coefficient (Wildman–Crippen LogP) is 7.06. The molecule has 2 aromatic carbocycles. The number of benzene rings is 2. The molecule has 0 radical (unpaired) electrons. The molecule has 9 heteroatoms. The van der Waals surface area contributed by atoms with Gasteiger partial charge in [-0.15, -0.1) is 11.3 Å². The van der Waals surface area contributed by atoms with Crippen molar-refractivity contribution in [1.82, 2.24) is 0 Å². The number of anilines is 1. The molecule has 2 aromatic heterocycles. The number of esters is 1. The number of carbonyl (C=O) groups excluding carboxylic acids is 2. The second-order valence-electron chi connectivity index (χ2n) is 7.64. The second-order valence-corrected chi connectivity index (χ2v) is 8.95. The van der Waals surface area contributed by atoms with Gasteiger partial charge >= 0.3 is 5.97 Å². The molecule has 0 bridgehead atoms. The molecule has 2 heterocycles. The molecule has 0 saturated heterocycles. The van der Waals surface area contributed by atoms with E-state index in [9.17, 15) is 14.9 Å². The van der Waals surface area contributed by atoms with Crippen molar-refractivity contribution in [2.24, 2.45) is 0 Å². The minimum Gasteiger partial charge on any atom is -0.497 e. The molecule has 7 nitrogen and oxygen atoms in total. The van der Waals surface area contributed by atoms with Crippen LogP contribution in [0.5, 0.6) is 5.75 Å². The van der Waals surface area contributed by atoms with Gasteiger partial charge in [0, 0.05) is 27.6 Å². The molecular weight excluding hydrogens is 512 g/mol. The third kappa shape index (κ3) is 5.92. The largest absolute Gasteiger partial charge is 0.497 e. The highest BCUT2D eigenvalue weighted by Crippen LogP contribution is 2.37. The molecule has 0 atom stereocenters. The Morgan fingerprint density at radius 3 is 2.59 bits per heavy atom. The zero-order chi connectivity index (χ0) is 26.4. The van der Waals surface area contributed by atoms with Gasteiger partial charge in [-0.3, -0.25) is 4.79 Å². The van der Waals surface area contributed by atoms with Crippen molar-refractivity contribution in [1.29, 1.82) is 5.26 Å². The van der Waals surface area contributed by atoms with Gasteiger partial charge in [-0.1, -0.05) is 35.9 Å². The summed E-state index contributed by atoms with van der Waals surface area (Å²) in [4.78, 5) is 25.8. The molecule has 0 fully saturated rings. The van der Waals surface area contributed by atoms with Gasteiger partial charge in [-0.25, -0.2) is 4.79 Å². The molecule has 1 amide bonds. The first-order chi connectivity index (χ1) is 17.9. The fourth-order valence-electron chi connectivity index (χ4n) is 3.53. The number of hydrogen-bond donors (Lipinski definition) is 1. The van der Waals surface area contributed by atoms with Crippen LogP contribution in [0.4, 0.5) is 5.00 Å². The summed E-state index contributed by atoms with van der Waals surface area (Å²) in [5.41, 5.74) is 2.13. The summed E-state index contributed by atoms with van der Waals surface area (Å²) in [5, 5.41) is 14.9. The van der Waals surface area contributed by atoms with Crippen molar-refractivity contribution >= 4 is 45.9 Å². The van der Waals surface area contributed by atoms with Gasteiger partial charge in [0.2, 0.25) is 0 Å². The van der Waals surface area contributed by atoms with Crippen LogP contribution in [-0.2, 0) is 9.53 Å². The van der Waals surface area contributed by atoms with Gasteiger partial charge in [0.15, 0.2) is 0 Å². The number of halogens is 1. The van der Waals surface area contributed by atoms with Gasteiger partial charge in [-0.05, 0) is 48.9 Å². The minimum absolute atomic E-state index is 0.168. The molecule has 0 saturated carbocycles. The van der Waals surface area contributed by atoms with Gasteiger partial charge in [0.1, 0.15) is 39.5 Å². The Morgan fingerprint density at radius 2 is 1.92 bits per heavy atom. The second kappa shape index (κ2) is 11.6. The number of carbonyl (C=O) groups is 2. The lowest BCUT2D eigenvalue weighted by atomic mass is 10.0. The van der Waals surface area contributed by atoms with E-state index in [4.69, 9.17) is 25.5 Å². The van der Waals surface area contributed by atoms with Crippen LogP contribution in [0.1, 0.15) is 23.0 Å². The van der Waals surface area contributed by atoms with Gasteiger partial charge in [0.25, 0.3) is 5.91 Å². The quantitative estimate of drug-likeness (QED) is 0.148. The summed E-state index contributed by atoms with van der Waals surface area (Å²) in [6.07, 6.45) is 1.34. The Morgan fingerprint density at radius 1 is 1.14 bits per heavy atom. The van der Waals surface area contributed by atoms with E-state index < -0.39 is 11.9 Å². The number of hydrogen-bond acceptors (Lipinski definition) is 7. The average Bonchev–Trinajstić information content (AvgIpc) is 3.55. The standard InChI is InChI=1S/C28H21ClN2O5S/c1-3-35-28(33)25-23(17-7-9-21(34-2)10-8-17)16-37-27(25)31-26(32)19(15-30)14-22-11-12-24(36-22)18-5-4-6-20(29)13-18/h4-14,16H,3H2,1-2H3,(H,31,32)/b19-14+. The Kier molecular flexibility index (Phi) is 8.08. The maximum Gasteiger partial charge on any atom is 0.341 e. The topological polar surface area (TPSA) is 102 Å². The summed E-state index contributed by atoms with van der Waals surface area (Å²) in [7, 11) is 1.57. The maximum atomic E-state index is 13.0. The van der Waals surface area contributed by atoms with Crippen LogP contribution in [0.15, 0.2) is 76.0 Å². The number of thiophene rings is 1. The van der Waals surface area contributed by atoms with Crippen LogP contribution in [0.25, 0.3) is 28.5 Å². The van der Waals surface area contributed by atoms with Crippen LogP contribution in [0.2, 0.25) is 5.02 Å². The smallest absolute Gasteiger partial charge is 0.341 e. The van der Waals surface area contributed by atoms with Crippen molar-refractivity contribution in [2.45, 2.75) is 6.92 Å². The fourth-order valence-corrected chi connectivity index (χ4v) is 4.67. The number of nitrogens with zero attached hydrogens (tertiary/aromatic N) is 1. The highest BCUT2D eigenvalue weighted by Gasteiger charge is 2.24. The first-order valence-corrected chi connectivity index (χ1v) is 12.4.